The third-order valence-corrected chi connectivity index (χ3v) is 3.92. The van der Waals surface area contributed by atoms with Crippen molar-refractivity contribution in [1.29, 1.82) is 0 Å². The molecule has 16 heavy (non-hydrogen) atoms. The number of allylic oxidation sites excluding steroid dienone is 2. The highest BCUT2D eigenvalue weighted by Gasteiger charge is 2.42. The van der Waals surface area contributed by atoms with Gasteiger partial charge in [-0.25, -0.2) is 0 Å². The van der Waals surface area contributed by atoms with E-state index in [0.717, 1.165) is 6.29 Å². The van der Waals surface area contributed by atoms with Gasteiger partial charge in [-0.3, -0.25) is 4.79 Å². The van der Waals surface area contributed by atoms with Crippen molar-refractivity contribution in [1.82, 2.24) is 0 Å². The molecule has 0 saturated heterocycles. The number of rotatable bonds is 3. The Kier molecular flexibility index (Phi) is 4.21. The Hall–Kier alpha value is -0.320. The molecule has 1 aliphatic carbocycles. The molecule has 1 nitrogen and oxygen atoms in total. The lowest BCUT2D eigenvalue weighted by Crippen LogP contribution is -2.34. The quantitative estimate of drug-likeness (QED) is 0.568. The molecule has 0 fully saturated rings. The lowest BCUT2D eigenvalue weighted by molar-refractivity contribution is -0.142. The molecule has 0 radical (unpaired) electrons. The van der Waals surface area contributed by atoms with Crippen LogP contribution in [0.1, 0.15) is 32.6 Å². The van der Waals surface area contributed by atoms with Crippen LogP contribution in [0.3, 0.4) is 0 Å². The lowest BCUT2D eigenvalue weighted by Gasteiger charge is -2.34. The van der Waals surface area contributed by atoms with E-state index in [0.29, 0.717) is 24.8 Å². The molecular formula is C11H14BrF3O. The topological polar surface area (TPSA) is 17.1 Å². The molecule has 0 N–H and O–H groups in total. The monoisotopic (exact) mass is 298 g/mol. The highest BCUT2D eigenvalue weighted by Crippen LogP contribution is 2.43. The zero-order valence-electron chi connectivity index (χ0n) is 8.98. The number of halogens is 4. The number of aldehydes is 1. The van der Waals surface area contributed by atoms with E-state index in [1.54, 1.807) is 13.0 Å². The van der Waals surface area contributed by atoms with Crippen molar-refractivity contribution in [2.24, 2.45) is 5.92 Å². The van der Waals surface area contributed by atoms with Gasteiger partial charge < -0.3 is 0 Å². The Morgan fingerprint density at radius 2 is 2.19 bits per heavy atom. The summed E-state index contributed by atoms with van der Waals surface area (Å²) in [6, 6.07) is 0. The fraction of sp³-hybridized carbons (Fsp3) is 0.727. The Bertz CT molecular complexity index is 294. The molecule has 1 aliphatic rings. The van der Waals surface area contributed by atoms with E-state index in [4.69, 9.17) is 0 Å². The smallest absolute Gasteiger partial charge is 0.298 e. The molecule has 0 bridgehead atoms. The summed E-state index contributed by atoms with van der Waals surface area (Å²) in [6.07, 6.45) is -0.730. The summed E-state index contributed by atoms with van der Waals surface area (Å²) in [5.74, 6) is -0.0715. The van der Waals surface area contributed by atoms with Crippen LogP contribution in [-0.2, 0) is 4.79 Å². The van der Waals surface area contributed by atoms with Crippen LogP contribution in [0, 0.1) is 5.92 Å². The predicted octanol–water partition coefficient (Wildman–Crippen LogP) is 4.02. The molecule has 2 atom stereocenters. The summed E-state index contributed by atoms with van der Waals surface area (Å²) in [4.78, 5) is 10.5. The first-order valence-electron chi connectivity index (χ1n) is 5.14. The average Bonchev–Trinajstić information content (AvgIpc) is 2.14. The van der Waals surface area contributed by atoms with E-state index >= 15 is 0 Å². The van der Waals surface area contributed by atoms with E-state index in [9.17, 15) is 18.0 Å². The fourth-order valence-corrected chi connectivity index (χ4v) is 2.78. The zero-order chi connectivity index (χ0) is 12.4. The van der Waals surface area contributed by atoms with Crippen molar-refractivity contribution in [3.63, 3.8) is 0 Å². The molecule has 5 heteroatoms. The molecule has 0 aliphatic heterocycles. The van der Waals surface area contributed by atoms with E-state index in [-0.39, 0.29) is 5.92 Å². The highest BCUT2D eigenvalue weighted by molar-refractivity contribution is 9.10. The minimum atomic E-state index is -4.16. The summed E-state index contributed by atoms with van der Waals surface area (Å²) in [5.41, 5.74) is 0.701. The predicted molar refractivity (Wildman–Crippen MR) is 59.5 cm³/mol. The summed E-state index contributed by atoms with van der Waals surface area (Å²) in [5, 5.41) is 0. The number of carbonyl (C=O) groups is 1. The van der Waals surface area contributed by atoms with Crippen LogP contribution >= 0.6 is 15.9 Å². The van der Waals surface area contributed by atoms with Crippen LogP contribution in [-0.4, -0.2) is 16.8 Å². The second-order valence-corrected chi connectivity index (χ2v) is 6.25. The van der Waals surface area contributed by atoms with Crippen molar-refractivity contribution in [3.05, 3.63) is 11.6 Å². The third-order valence-electron chi connectivity index (χ3n) is 2.99. The van der Waals surface area contributed by atoms with Crippen molar-refractivity contribution in [3.8, 4) is 0 Å². The molecule has 1 rings (SSSR count). The molecule has 0 aromatic heterocycles. The molecule has 0 aromatic carbocycles. The van der Waals surface area contributed by atoms with Crippen molar-refractivity contribution < 1.29 is 18.0 Å². The summed E-state index contributed by atoms with van der Waals surface area (Å²) in [6.45, 7) is 1.57. The van der Waals surface area contributed by atoms with Crippen LogP contribution in [0.25, 0.3) is 0 Å². The van der Waals surface area contributed by atoms with E-state index in [1.165, 1.54) is 0 Å². The maximum atomic E-state index is 12.3. The maximum absolute atomic E-state index is 12.3. The standard InChI is InChI=1S/C11H14BrF3O/c1-10(12,7-11(13,14)15)9-4-2-8(6-16)3-5-9/h2,6,9H,3-5,7H2,1H3/t9-,10?/m0/s1. The van der Waals surface area contributed by atoms with Crippen LogP contribution < -0.4 is 0 Å². The van der Waals surface area contributed by atoms with E-state index in [1.807, 2.05) is 0 Å². The first-order valence-corrected chi connectivity index (χ1v) is 5.94. The first-order chi connectivity index (χ1) is 7.24. The average molecular weight is 299 g/mol. The Labute approximate surface area is 101 Å². The Balaban J connectivity index is 2.65. The van der Waals surface area contributed by atoms with Gasteiger partial charge in [0, 0.05) is 4.32 Å². The normalized spacial score (nSPS) is 25.8. The van der Waals surface area contributed by atoms with Gasteiger partial charge in [-0.05, 0) is 37.7 Å². The van der Waals surface area contributed by atoms with Gasteiger partial charge in [0.05, 0.1) is 6.42 Å². The number of carbonyl (C=O) groups excluding carboxylic acids is 1. The number of hydrogen-bond acceptors (Lipinski definition) is 1. The molecule has 0 saturated carbocycles. The van der Waals surface area contributed by atoms with Gasteiger partial charge in [-0.2, -0.15) is 13.2 Å². The molecule has 0 spiro atoms. The van der Waals surface area contributed by atoms with Gasteiger partial charge in [0.15, 0.2) is 0 Å². The van der Waals surface area contributed by atoms with Crippen molar-refractivity contribution in [2.45, 2.75) is 43.1 Å². The molecule has 1 unspecified atom stereocenters. The SMILES string of the molecule is CC(Br)(CC(F)(F)F)[C@H]1CC=C(C=O)CC1. The van der Waals surface area contributed by atoms with Gasteiger partial charge in [0.25, 0.3) is 0 Å². The van der Waals surface area contributed by atoms with Crippen LogP contribution in [0.5, 0.6) is 0 Å². The van der Waals surface area contributed by atoms with Crippen LogP contribution in [0.2, 0.25) is 0 Å². The molecule has 0 aromatic rings. The number of hydrogen-bond donors (Lipinski definition) is 0. The third kappa shape index (κ3) is 3.92. The largest absolute Gasteiger partial charge is 0.390 e. The summed E-state index contributed by atoms with van der Waals surface area (Å²) < 4.78 is 36.1. The van der Waals surface area contributed by atoms with Gasteiger partial charge in [-0.1, -0.05) is 22.0 Å². The lowest BCUT2D eigenvalue weighted by atomic mass is 9.80. The van der Waals surface area contributed by atoms with Gasteiger partial charge >= 0.3 is 6.18 Å². The summed E-state index contributed by atoms with van der Waals surface area (Å²) in [7, 11) is 0. The minimum absolute atomic E-state index is 0.0715. The number of alkyl halides is 4. The fourth-order valence-electron chi connectivity index (χ4n) is 2.04. The molecular weight excluding hydrogens is 285 g/mol. The van der Waals surface area contributed by atoms with E-state index < -0.39 is 16.9 Å². The Morgan fingerprint density at radius 1 is 1.56 bits per heavy atom. The summed E-state index contributed by atoms with van der Waals surface area (Å²) >= 11 is 3.18. The molecule has 0 heterocycles. The van der Waals surface area contributed by atoms with Gasteiger partial charge in [0.1, 0.15) is 6.29 Å². The second kappa shape index (κ2) is 4.90. The van der Waals surface area contributed by atoms with Crippen molar-refractivity contribution in [2.75, 3.05) is 0 Å². The second-order valence-electron chi connectivity index (χ2n) is 4.44. The van der Waals surface area contributed by atoms with Crippen LogP contribution in [0.4, 0.5) is 13.2 Å². The van der Waals surface area contributed by atoms with Crippen LogP contribution in [0.15, 0.2) is 11.6 Å². The first kappa shape index (κ1) is 13.7. The zero-order valence-corrected chi connectivity index (χ0v) is 10.6. The van der Waals surface area contributed by atoms with Crippen molar-refractivity contribution >= 4 is 22.2 Å². The van der Waals surface area contributed by atoms with Gasteiger partial charge in [-0.15, -0.1) is 0 Å². The maximum Gasteiger partial charge on any atom is 0.390 e. The highest BCUT2D eigenvalue weighted by atomic mass is 79.9. The van der Waals surface area contributed by atoms with Gasteiger partial charge in [0.2, 0.25) is 0 Å². The minimum Gasteiger partial charge on any atom is -0.298 e. The van der Waals surface area contributed by atoms with E-state index in [2.05, 4.69) is 15.9 Å². The Morgan fingerprint density at radius 3 is 2.56 bits per heavy atom. The molecule has 0 amide bonds. The molecule has 92 valence electrons.